The third kappa shape index (κ3) is 3.24. The Morgan fingerprint density at radius 1 is 1.35 bits per heavy atom. The lowest BCUT2D eigenvalue weighted by Gasteiger charge is -2.14. The molecule has 0 atom stereocenters. The molecule has 0 aliphatic carbocycles. The van der Waals surface area contributed by atoms with Crippen molar-refractivity contribution in [2.24, 2.45) is 0 Å². The molecule has 2 rings (SSSR count). The van der Waals surface area contributed by atoms with E-state index in [0.717, 1.165) is 17.1 Å². The second-order valence-corrected chi connectivity index (χ2v) is 4.09. The van der Waals surface area contributed by atoms with Gasteiger partial charge in [-0.1, -0.05) is 12.1 Å². The van der Waals surface area contributed by atoms with Gasteiger partial charge in [-0.05, 0) is 26.0 Å². The Morgan fingerprint density at radius 3 is 2.88 bits per heavy atom. The number of benzene rings is 1. The second kappa shape index (κ2) is 5.39. The van der Waals surface area contributed by atoms with Crippen LogP contribution >= 0.6 is 0 Å². The molecule has 0 aliphatic heterocycles. The van der Waals surface area contributed by atoms with Crippen LogP contribution in [0.3, 0.4) is 0 Å². The molecule has 2 aromatic rings. The summed E-state index contributed by atoms with van der Waals surface area (Å²) in [6, 6.07) is 7.94. The number of para-hydroxylation sites is 2. The van der Waals surface area contributed by atoms with Crippen molar-refractivity contribution in [2.45, 2.75) is 26.5 Å². The molecular formula is C13H17N3O. The molecule has 2 N–H and O–H groups in total. The normalized spacial score (nSPS) is 10.5. The Hall–Kier alpha value is -1.97. The van der Waals surface area contributed by atoms with Crippen molar-refractivity contribution in [3.05, 3.63) is 42.5 Å². The summed E-state index contributed by atoms with van der Waals surface area (Å²) in [7, 11) is 0. The fourth-order valence-corrected chi connectivity index (χ4v) is 1.54. The molecule has 0 unspecified atom stereocenters. The first-order valence-electron chi connectivity index (χ1n) is 5.72. The van der Waals surface area contributed by atoms with Gasteiger partial charge < -0.3 is 15.0 Å². The Bertz CT molecular complexity index is 451. The van der Waals surface area contributed by atoms with E-state index in [1.165, 1.54) is 0 Å². The minimum atomic E-state index is 0.171. The fraction of sp³-hybridized carbons (Fsp3) is 0.308. The van der Waals surface area contributed by atoms with Crippen molar-refractivity contribution >= 4 is 5.69 Å². The maximum atomic E-state index is 5.73. The predicted molar refractivity (Wildman–Crippen MR) is 68.1 cm³/mol. The van der Waals surface area contributed by atoms with E-state index in [4.69, 9.17) is 4.74 Å². The molecule has 4 heteroatoms. The molecule has 1 heterocycles. The van der Waals surface area contributed by atoms with Crippen LogP contribution in [0.25, 0.3) is 0 Å². The van der Waals surface area contributed by atoms with Crippen LogP contribution in [0.15, 0.2) is 36.8 Å². The van der Waals surface area contributed by atoms with E-state index in [0.29, 0.717) is 6.54 Å². The highest BCUT2D eigenvalue weighted by molar-refractivity contribution is 5.56. The minimum absolute atomic E-state index is 0.171. The second-order valence-electron chi connectivity index (χ2n) is 4.09. The average Bonchev–Trinajstić information content (AvgIpc) is 2.80. The Morgan fingerprint density at radius 2 is 2.18 bits per heavy atom. The summed E-state index contributed by atoms with van der Waals surface area (Å²) >= 11 is 0. The monoisotopic (exact) mass is 231 g/mol. The number of aromatic amines is 1. The lowest BCUT2D eigenvalue weighted by molar-refractivity contribution is 0.243. The largest absolute Gasteiger partial charge is 0.489 e. The first kappa shape index (κ1) is 11.5. The Balaban J connectivity index is 2.04. The van der Waals surface area contributed by atoms with Gasteiger partial charge in [0.25, 0.3) is 0 Å². The molecule has 0 amide bonds. The van der Waals surface area contributed by atoms with Gasteiger partial charge in [-0.2, -0.15) is 0 Å². The number of hydrogen-bond acceptors (Lipinski definition) is 3. The van der Waals surface area contributed by atoms with E-state index < -0.39 is 0 Å². The molecule has 4 nitrogen and oxygen atoms in total. The summed E-state index contributed by atoms with van der Waals surface area (Å²) in [6.45, 7) is 4.75. The molecule has 0 spiro atoms. The molecule has 17 heavy (non-hydrogen) atoms. The summed E-state index contributed by atoms with van der Waals surface area (Å²) in [4.78, 5) is 7.03. The van der Waals surface area contributed by atoms with Gasteiger partial charge in [0.15, 0.2) is 0 Å². The smallest absolute Gasteiger partial charge is 0.142 e. The molecule has 0 radical (unpaired) electrons. The summed E-state index contributed by atoms with van der Waals surface area (Å²) in [5.74, 6) is 0.877. The number of aromatic nitrogens is 2. The average molecular weight is 231 g/mol. The van der Waals surface area contributed by atoms with Gasteiger partial charge in [-0.3, -0.25) is 0 Å². The number of H-pyrrole nitrogens is 1. The quantitative estimate of drug-likeness (QED) is 0.832. The highest BCUT2D eigenvalue weighted by Gasteiger charge is 2.04. The van der Waals surface area contributed by atoms with Crippen LogP contribution in [-0.4, -0.2) is 16.1 Å². The van der Waals surface area contributed by atoms with Gasteiger partial charge in [0.05, 0.1) is 30.4 Å². The first-order valence-corrected chi connectivity index (χ1v) is 5.72. The Labute approximate surface area is 101 Å². The predicted octanol–water partition coefficient (Wildman–Crippen LogP) is 2.81. The number of hydrogen-bond donors (Lipinski definition) is 2. The highest BCUT2D eigenvalue weighted by Crippen LogP contribution is 2.25. The lowest BCUT2D eigenvalue weighted by Crippen LogP contribution is -2.08. The molecule has 0 saturated heterocycles. The first-order chi connectivity index (χ1) is 8.25. The number of imidazole rings is 1. The van der Waals surface area contributed by atoms with Crippen LogP contribution in [0.2, 0.25) is 0 Å². The van der Waals surface area contributed by atoms with Gasteiger partial charge in [0, 0.05) is 6.20 Å². The van der Waals surface area contributed by atoms with Crippen molar-refractivity contribution in [1.82, 2.24) is 9.97 Å². The molecule has 0 bridgehead atoms. The molecular weight excluding hydrogens is 214 g/mol. The zero-order valence-corrected chi connectivity index (χ0v) is 10.1. The van der Waals surface area contributed by atoms with E-state index in [9.17, 15) is 0 Å². The van der Waals surface area contributed by atoms with Crippen LogP contribution < -0.4 is 10.1 Å². The number of nitrogens with one attached hydrogen (secondary N) is 2. The van der Waals surface area contributed by atoms with Gasteiger partial charge >= 0.3 is 0 Å². The standard InChI is InChI=1S/C13H17N3O/c1-10(2)17-13-6-4-3-5-12(13)15-8-11-7-14-9-16-11/h3-7,9-10,15H,8H2,1-2H3,(H,14,16). The summed E-state index contributed by atoms with van der Waals surface area (Å²) in [5, 5.41) is 3.32. The number of anilines is 1. The molecule has 1 aromatic carbocycles. The molecule has 0 aliphatic rings. The van der Waals surface area contributed by atoms with Gasteiger partial charge in [0.2, 0.25) is 0 Å². The lowest BCUT2D eigenvalue weighted by atomic mass is 10.3. The third-order valence-corrected chi connectivity index (χ3v) is 2.27. The van der Waals surface area contributed by atoms with Crippen LogP contribution in [-0.2, 0) is 6.54 Å². The van der Waals surface area contributed by atoms with Gasteiger partial charge in [0.1, 0.15) is 5.75 Å². The van der Waals surface area contributed by atoms with E-state index in [-0.39, 0.29) is 6.10 Å². The topological polar surface area (TPSA) is 49.9 Å². The zero-order valence-electron chi connectivity index (χ0n) is 10.1. The van der Waals surface area contributed by atoms with E-state index in [1.54, 1.807) is 12.5 Å². The van der Waals surface area contributed by atoms with Crippen molar-refractivity contribution in [3.63, 3.8) is 0 Å². The maximum absolute atomic E-state index is 5.73. The van der Waals surface area contributed by atoms with Gasteiger partial charge in [-0.25, -0.2) is 4.98 Å². The van der Waals surface area contributed by atoms with Crippen molar-refractivity contribution < 1.29 is 4.74 Å². The summed E-state index contributed by atoms with van der Waals surface area (Å²) in [6.07, 6.45) is 3.65. The van der Waals surface area contributed by atoms with Crippen LogP contribution in [0.5, 0.6) is 5.75 Å². The third-order valence-electron chi connectivity index (χ3n) is 2.27. The van der Waals surface area contributed by atoms with Crippen molar-refractivity contribution in [2.75, 3.05) is 5.32 Å². The van der Waals surface area contributed by atoms with E-state index >= 15 is 0 Å². The SMILES string of the molecule is CC(C)Oc1ccccc1NCc1cnc[nH]1. The maximum Gasteiger partial charge on any atom is 0.142 e. The minimum Gasteiger partial charge on any atom is -0.489 e. The van der Waals surface area contributed by atoms with Crippen LogP contribution in [0.1, 0.15) is 19.5 Å². The summed E-state index contributed by atoms with van der Waals surface area (Å²) in [5.41, 5.74) is 2.04. The fourth-order valence-electron chi connectivity index (χ4n) is 1.54. The van der Waals surface area contributed by atoms with Crippen molar-refractivity contribution in [1.29, 1.82) is 0 Å². The molecule has 90 valence electrons. The molecule has 1 aromatic heterocycles. The van der Waals surface area contributed by atoms with Crippen LogP contribution in [0.4, 0.5) is 5.69 Å². The molecule has 0 saturated carbocycles. The number of nitrogens with zero attached hydrogens (tertiary/aromatic N) is 1. The van der Waals surface area contributed by atoms with Crippen LogP contribution in [0, 0.1) is 0 Å². The van der Waals surface area contributed by atoms with E-state index in [1.807, 2.05) is 38.1 Å². The Kier molecular flexibility index (Phi) is 3.65. The van der Waals surface area contributed by atoms with E-state index in [2.05, 4.69) is 15.3 Å². The highest BCUT2D eigenvalue weighted by atomic mass is 16.5. The van der Waals surface area contributed by atoms with Crippen molar-refractivity contribution in [3.8, 4) is 5.75 Å². The number of rotatable bonds is 5. The van der Waals surface area contributed by atoms with Gasteiger partial charge in [-0.15, -0.1) is 0 Å². The number of ether oxygens (including phenoxy) is 1. The zero-order chi connectivity index (χ0) is 12.1. The molecule has 0 fully saturated rings. The summed E-state index contributed by atoms with van der Waals surface area (Å²) < 4.78 is 5.73.